The summed E-state index contributed by atoms with van der Waals surface area (Å²) in [5.74, 6) is 1.59. The van der Waals surface area contributed by atoms with Crippen molar-refractivity contribution in [3.8, 4) is 11.5 Å². The fourth-order valence-electron chi connectivity index (χ4n) is 4.32. The highest BCUT2D eigenvalue weighted by molar-refractivity contribution is 5.83. The highest BCUT2D eigenvalue weighted by Crippen LogP contribution is 2.32. The SMILES string of the molecule is COc1cc2c(cc1OC)CCN(CCCN(C)CCc1c[nH]c3ccccc13)C=C2. The quantitative estimate of drug-likeness (QED) is 0.551. The van der Waals surface area contributed by atoms with Gasteiger partial charge in [-0.05, 0) is 80.0 Å². The number of nitrogens with zero attached hydrogens (tertiary/aromatic N) is 2. The monoisotopic (exact) mass is 419 g/mol. The van der Waals surface area contributed by atoms with Crippen LogP contribution >= 0.6 is 0 Å². The van der Waals surface area contributed by atoms with Crippen molar-refractivity contribution in [2.75, 3.05) is 47.4 Å². The summed E-state index contributed by atoms with van der Waals surface area (Å²) in [6, 6.07) is 12.7. The largest absolute Gasteiger partial charge is 0.493 e. The van der Waals surface area contributed by atoms with Crippen molar-refractivity contribution >= 4 is 17.0 Å². The summed E-state index contributed by atoms with van der Waals surface area (Å²) >= 11 is 0. The molecule has 0 saturated heterocycles. The summed E-state index contributed by atoms with van der Waals surface area (Å²) < 4.78 is 10.9. The van der Waals surface area contributed by atoms with Gasteiger partial charge in [-0.3, -0.25) is 0 Å². The number of methoxy groups -OCH3 is 2. The Morgan fingerprint density at radius 1 is 1.06 bits per heavy atom. The minimum absolute atomic E-state index is 0.788. The molecule has 5 nitrogen and oxygen atoms in total. The summed E-state index contributed by atoms with van der Waals surface area (Å²) in [4.78, 5) is 8.24. The highest BCUT2D eigenvalue weighted by atomic mass is 16.5. The van der Waals surface area contributed by atoms with Gasteiger partial charge in [0.05, 0.1) is 14.2 Å². The van der Waals surface area contributed by atoms with Crippen LogP contribution in [0.1, 0.15) is 23.1 Å². The smallest absolute Gasteiger partial charge is 0.161 e. The third-order valence-corrected chi connectivity index (χ3v) is 6.20. The Hall–Kier alpha value is -2.92. The summed E-state index contributed by atoms with van der Waals surface area (Å²) in [7, 11) is 5.60. The zero-order valence-corrected chi connectivity index (χ0v) is 18.9. The number of ether oxygens (including phenoxy) is 2. The maximum absolute atomic E-state index is 5.46. The summed E-state index contributed by atoms with van der Waals surface area (Å²) in [5.41, 5.74) is 5.16. The van der Waals surface area contributed by atoms with E-state index in [-0.39, 0.29) is 0 Å². The first-order valence-corrected chi connectivity index (χ1v) is 11.1. The Labute approximate surface area is 185 Å². The summed E-state index contributed by atoms with van der Waals surface area (Å²) in [6.07, 6.45) is 9.82. The van der Waals surface area contributed by atoms with E-state index in [9.17, 15) is 0 Å². The number of nitrogens with one attached hydrogen (secondary N) is 1. The van der Waals surface area contributed by atoms with Crippen LogP contribution in [0, 0.1) is 0 Å². The van der Waals surface area contributed by atoms with Crippen LogP contribution in [0.4, 0.5) is 0 Å². The average molecular weight is 420 g/mol. The van der Waals surface area contributed by atoms with Gasteiger partial charge in [0.1, 0.15) is 0 Å². The molecule has 1 aliphatic rings. The molecule has 5 heteroatoms. The minimum atomic E-state index is 0.788. The van der Waals surface area contributed by atoms with Gasteiger partial charge >= 0.3 is 0 Å². The van der Waals surface area contributed by atoms with E-state index in [4.69, 9.17) is 9.47 Å². The van der Waals surface area contributed by atoms with Crippen LogP contribution in [0.5, 0.6) is 11.5 Å². The maximum Gasteiger partial charge on any atom is 0.161 e. The molecule has 0 saturated carbocycles. The number of fused-ring (bicyclic) bond motifs is 2. The molecule has 4 rings (SSSR count). The Morgan fingerprint density at radius 3 is 2.71 bits per heavy atom. The van der Waals surface area contributed by atoms with Gasteiger partial charge in [0, 0.05) is 36.7 Å². The van der Waals surface area contributed by atoms with E-state index in [2.05, 4.69) is 76.7 Å². The van der Waals surface area contributed by atoms with E-state index in [0.29, 0.717) is 0 Å². The van der Waals surface area contributed by atoms with Crippen LogP contribution in [0.2, 0.25) is 0 Å². The second kappa shape index (κ2) is 9.92. The molecule has 3 aromatic rings. The van der Waals surface area contributed by atoms with Gasteiger partial charge in [-0.15, -0.1) is 0 Å². The molecular weight excluding hydrogens is 386 g/mol. The molecule has 0 fully saturated rings. The van der Waals surface area contributed by atoms with Gasteiger partial charge < -0.3 is 24.3 Å². The number of benzene rings is 2. The van der Waals surface area contributed by atoms with Crippen molar-refractivity contribution in [3.63, 3.8) is 0 Å². The van der Waals surface area contributed by atoms with Crippen molar-refractivity contribution in [1.29, 1.82) is 0 Å². The number of aromatic nitrogens is 1. The lowest BCUT2D eigenvalue weighted by molar-refractivity contribution is 0.298. The van der Waals surface area contributed by atoms with Crippen LogP contribution < -0.4 is 9.47 Å². The molecule has 0 spiro atoms. The Morgan fingerprint density at radius 2 is 1.87 bits per heavy atom. The van der Waals surface area contributed by atoms with Crippen LogP contribution in [0.15, 0.2) is 48.8 Å². The van der Waals surface area contributed by atoms with Gasteiger partial charge in [0.15, 0.2) is 11.5 Å². The highest BCUT2D eigenvalue weighted by Gasteiger charge is 2.14. The molecule has 164 valence electrons. The van der Waals surface area contributed by atoms with Crippen LogP contribution in [-0.2, 0) is 12.8 Å². The van der Waals surface area contributed by atoms with E-state index in [0.717, 1.165) is 56.9 Å². The lowest BCUT2D eigenvalue weighted by Crippen LogP contribution is -2.27. The molecule has 1 aromatic heterocycles. The minimum Gasteiger partial charge on any atom is -0.493 e. The number of hydrogen-bond donors (Lipinski definition) is 1. The van der Waals surface area contributed by atoms with Gasteiger partial charge in [0.2, 0.25) is 0 Å². The van der Waals surface area contributed by atoms with Crippen molar-refractivity contribution in [3.05, 3.63) is 65.5 Å². The molecule has 0 unspecified atom stereocenters. The lowest BCUT2D eigenvalue weighted by Gasteiger charge is -2.22. The van der Waals surface area contributed by atoms with Crippen molar-refractivity contribution < 1.29 is 9.47 Å². The number of hydrogen-bond acceptors (Lipinski definition) is 4. The molecule has 0 bridgehead atoms. The van der Waals surface area contributed by atoms with Crippen LogP contribution in [0.25, 0.3) is 17.0 Å². The molecule has 0 aliphatic carbocycles. The van der Waals surface area contributed by atoms with E-state index in [1.54, 1.807) is 14.2 Å². The van der Waals surface area contributed by atoms with E-state index >= 15 is 0 Å². The molecule has 31 heavy (non-hydrogen) atoms. The third-order valence-electron chi connectivity index (χ3n) is 6.20. The average Bonchev–Trinajstić information content (AvgIpc) is 3.11. The maximum atomic E-state index is 5.46. The Bertz CT molecular complexity index is 1040. The predicted molar refractivity (Wildman–Crippen MR) is 128 cm³/mol. The first kappa shape index (κ1) is 21.3. The zero-order chi connectivity index (χ0) is 21.6. The van der Waals surface area contributed by atoms with E-state index < -0.39 is 0 Å². The van der Waals surface area contributed by atoms with Crippen LogP contribution in [-0.4, -0.2) is 62.2 Å². The van der Waals surface area contributed by atoms with Crippen molar-refractivity contribution in [2.45, 2.75) is 19.3 Å². The first-order chi connectivity index (χ1) is 15.2. The first-order valence-electron chi connectivity index (χ1n) is 11.1. The number of para-hydroxylation sites is 1. The van der Waals surface area contributed by atoms with Gasteiger partial charge in [-0.2, -0.15) is 0 Å². The number of H-pyrrole nitrogens is 1. The van der Waals surface area contributed by atoms with E-state index in [1.807, 2.05) is 0 Å². The van der Waals surface area contributed by atoms with Crippen molar-refractivity contribution in [2.24, 2.45) is 0 Å². The number of likely N-dealkylation sites (N-methyl/N-ethyl adjacent to an activating group) is 1. The van der Waals surface area contributed by atoms with E-state index in [1.165, 1.54) is 27.6 Å². The van der Waals surface area contributed by atoms with Crippen molar-refractivity contribution in [1.82, 2.24) is 14.8 Å². The topological polar surface area (TPSA) is 40.7 Å². The standard InChI is InChI=1S/C26H33N3O2/c1-28(14-9-22-19-27-24-8-5-4-7-23(22)24)12-6-13-29-15-10-20-17-25(30-2)26(31-3)18-21(20)11-16-29/h4-5,7-8,10,15,17-19,27H,6,9,11-14,16H2,1-3H3. The number of aromatic amines is 1. The normalized spacial score (nSPS) is 13.5. The van der Waals surface area contributed by atoms with Gasteiger partial charge in [-0.1, -0.05) is 18.2 Å². The fraction of sp³-hybridized carbons (Fsp3) is 0.385. The second-order valence-electron chi connectivity index (χ2n) is 8.27. The molecule has 0 amide bonds. The fourth-order valence-corrected chi connectivity index (χ4v) is 4.32. The molecular formula is C26H33N3O2. The Balaban J connectivity index is 1.25. The second-order valence-corrected chi connectivity index (χ2v) is 8.27. The summed E-state index contributed by atoms with van der Waals surface area (Å²) in [5, 5.41) is 1.35. The summed E-state index contributed by atoms with van der Waals surface area (Å²) in [6.45, 7) is 4.26. The lowest BCUT2D eigenvalue weighted by atomic mass is 10.0. The molecule has 1 aliphatic heterocycles. The third kappa shape index (κ3) is 5.05. The Kier molecular flexibility index (Phi) is 6.82. The van der Waals surface area contributed by atoms with Gasteiger partial charge in [-0.25, -0.2) is 0 Å². The zero-order valence-electron chi connectivity index (χ0n) is 18.9. The van der Waals surface area contributed by atoms with Gasteiger partial charge in [0.25, 0.3) is 0 Å². The number of rotatable bonds is 9. The molecule has 1 N–H and O–H groups in total. The molecule has 2 heterocycles. The van der Waals surface area contributed by atoms with Crippen LogP contribution in [0.3, 0.4) is 0 Å². The predicted octanol–water partition coefficient (Wildman–Crippen LogP) is 4.58. The molecule has 0 radical (unpaired) electrons. The molecule has 0 atom stereocenters. The molecule has 2 aromatic carbocycles.